The van der Waals surface area contributed by atoms with Crippen LogP contribution in [-0.2, 0) is 14.0 Å². The van der Waals surface area contributed by atoms with Crippen molar-refractivity contribution >= 4 is 18.9 Å². The molecule has 1 heterocycles. The van der Waals surface area contributed by atoms with Crippen molar-refractivity contribution in [2.24, 2.45) is 0 Å². The third-order valence-electron chi connectivity index (χ3n) is 6.48. The lowest BCUT2D eigenvalue weighted by atomic mass is 9.76. The standard InChI is InChI=1S/C23H37BO5/c1-10-11-14-26-20(2,3)21(4,5)27-18-13-12-17(16-25)19(15-18)24-28-22(6,7)23(8,9)29-24/h12-13,15-16H,10-11,14H2,1-9H3. The molecule has 0 amide bonds. The molecule has 0 spiro atoms. The fourth-order valence-corrected chi connectivity index (χ4v) is 2.96. The van der Waals surface area contributed by atoms with Crippen LogP contribution in [0.2, 0.25) is 0 Å². The van der Waals surface area contributed by atoms with E-state index in [9.17, 15) is 4.79 Å². The normalized spacial score (nSPS) is 18.7. The Bertz CT molecular complexity index is 708. The molecule has 0 saturated carbocycles. The molecule has 2 rings (SSSR count). The van der Waals surface area contributed by atoms with Gasteiger partial charge in [0.15, 0.2) is 0 Å². The second-order valence-electron chi connectivity index (χ2n) is 9.82. The molecule has 5 nitrogen and oxygen atoms in total. The van der Waals surface area contributed by atoms with Gasteiger partial charge in [-0.25, -0.2) is 0 Å². The van der Waals surface area contributed by atoms with Crippen LogP contribution in [0.1, 0.15) is 85.5 Å². The van der Waals surface area contributed by atoms with Crippen molar-refractivity contribution in [2.75, 3.05) is 6.61 Å². The third kappa shape index (κ3) is 5.04. The largest absolute Gasteiger partial charge is 0.495 e. The zero-order chi connectivity index (χ0) is 22.1. The molecule has 0 N–H and O–H groups in total. The van der Waals surface area contributed by atoms with Gasteiger partial charge in [-0.1, -0.05) is 13.3 Å². The van der Waals surface area contributed by atoms with Crippen LogP contribution in [0.25, 0.3) is 0 Å². The minimum absolute atomic E-state index is 0.483. The fraction of sp³-hybridized carbons (Fsp3) is 0.696. The van der Waals surface area contributed by atoms with Crippen molar-refractivity contribution in [3.63, 3.8) is 0 Å². The summed E-state index contributed by atoms with van der Waals surface area (Å²) in [6, 6.07) is 5.40. The zero-order valence-electron chi connectivity index (χ0n) is 19.5. The van der Waals surface area contributed by atoms with E-state index in [1.54, 1.807) is 6.07 Å². The molecule has 0 unspecified atom stereocenters. The summed E-state index contributed by atoms with van der Waals surface area (Å²) < 4.78 is 24.8. The van der Waals surface area contributed by atoms with Crippen molar-refractivity contribution in [1.29, 1.82) is 0 Å². The van der Waals surface area contributed by atoms with E-state index in [1.165, 1.54) is 0 Å². The van der Waals surface area contributed by atoms with Gasteiger partial charge in [0, 0.05) is 12.2 Å². The molecule has 1 aliphatic rings. The minimum Gasteiger partial charge on any atom is -0.485 e. The molecular weight excluding hydrogens is 367 g/mol. The first-order valence-corrected chi connectivity index (χ1v) is 10.5. The lowest BCUT2D eigenvalue weighted by molar-refractivity contribution is -0.134. The van der Waals surface area contributed by atoms with Crippen LogP contribution in [0, 0.1) is 0 Å². The van der Waals surface area contributed by atoms with Crippen LogP contribution in [0.4, 0.5) is 0 Å². The van der Waals surface area contributed by atoms with Crippen LogP contribution in [0.3, 0.4) is 0 Å². The maximum Gasteiger partial charge on any atom is 0.495 e. The Morgan fingerprint density at radius 2 is 1.62 bits per heavy atom. The Balaban J connectivity index is 2.28. The highest BCUT2D eigenvalue weighted by Crippen LogP contribution is 2.37. The SMILES string of the molecule is CCCCOC(C)(C)C(C)(C)Oc1ccc(C=O)c(B2OC(C)(C)C(C)(C)O2)c1. The van der Waals surface area contributed by atoms with Gasteiger partial charge in [0.25, 0.3) is 0 Å². The first-order chi connectivity index (χ1) is 13.3. The summed E-state index contributed by atoms with van der Waals surface area (Å²) in [6.45, 7) is 18.9. The van der Waals surface area contributed by atoms with E-state index in [0.29, 0.717) is 23.4 Å². The van der Waals surface area contributed by atoms with E-state index in [4.69, 9.17) is 18.8 Å². The Kier molecular flexibility index (Phi) is 6.93. The molecule has 0 aromatic heterocycles. The predicted octanol–water partition coefficient (Wildman–Crippen LogP) is 4.55. The van der Waals surface area contributed by atoms with Gasteiger partial charge in [-0.05, 0) is 85.5 Å². The quantitative estimate of drug-likeness (QED) is 0.343. The molecule has 0 aliphatic carbocycles. The van der Waals surface area contributed by atoms with Crippen molar-refractivity contribution in [1.82, 2.24) is 0 Å². The molecule has 1 aromatic rings. The third-order valence-corrected chi connectivity index (χ3v) is 6.48. The van der Waals surface area contributed by atoms with Crippen LogP contribution in [0.15, 0.2) is 18.2 Å². The topological polar surface area (TPSA) is 54.0 Å². The zero-order valence-corrected chi connectivity index (χ0v) is 19.5. The molecule has 6 heteroatoms. The van der Waals surface area contributed by atoms with Crippen molar-refractivity contribution in [2.45, 2.75) is 97.6 Å². The molecule has 29 heavy (non-hydrogen) atoms. The van der Waals surface area contributed by atoms with Crippen LogP contribution in [0.5, 0.6) is 5.75 Å². The highest BCUT2D eigenvalue weighted by Gasteiger charge is 2.52. The summed E-state index contributed by atoms with van der Waals surface area (Å²) in [4.78, 5) is 11.6. The molecule has 0 atom stereocenters. The summed E-state index contributed by atoms with van der Waals surface area (Å²) in [6.07, 6.45) is 2.93. The second-order valence-corrected chi connectivity index (χ2v) is 9.82. The lowest BCUT2D eigenvalue weighted by Crippen LogP contribution is -2.52. The van der Waals surface area contributed by atoms with Gasteiger partial charge >= 0.3 is 7.12 Å². The van der Waals surface area contributed by atoms with Gasteiger partial charge in [0.05, 0.1) is 11.2 Å². The lowest BCUT2D eigenvalue weighted by Gasteiger charge is -2.41. The minimum atomic E-state index is -0.624. The summed E-state index contributed by atoms with van der Waals surface area (Å²) in [5.41, 5.74) is -0.831. The molecule has 1 saturated heterocycles. The maximum absolute atomic E-state index is 11.6. The number of aldehydes is 1. The van der Waals surface area contributed by atoms with Crippen molar-refractivity contribution < 1.29 is 23.6 Å². The van der Waals surface area contributed by atoms with Gasteiger partial charge in [-0.3, -0.25) is 4.79 Å². The molecule has 162 valence electrons. The predicted molar refractivity (Wildman–Crippen MR) is 117 cm³/mol. The van der Waals surface area contributed by atoms with E-state index in [1.807, 2.05) is 67.5 Å². The number of ether oxygens (including phenoxy) is 2. The number of rotatable bonds is 9. The summed E-state index contributed by atoms with van der Waals surface area (Å²) >= 11 is 0. The van der Waals surface area contributed by atoms with Crippen LogP contribution < -0.4 is 10.2 Å². The highest BCUT2D eigenvalue weighted by atomic mass is 16.7. The number of unbranched alkanes of at least 4 members (excludes halogenated alkanes) is 1. The summed E-state index contributed by atoms with van der Waals surface area (Å²) in [5.74, 6) is 0.650. The number of carbonyl (C=O) groups is 1. The molecule has 0 radical (unpaired) electrons. The van der Waals surface area contributed by atoms with Gasteiger partial charge in [0.1, 0.15) is 23.2 Å². The summed E-state index contributed by atoms with van der Waals surface area (Å²) in [7, 11) is -0.624. The van der Waals surface area contributed by atoms with Crippen LogP contribution >= 0.6 is 0 Å². The van der Waals surface area contributed by atoms with E-state index in [2.05, 4.69) is 6.92 Å². The van der Waals surface area contributed by atoms with Gasteiger partial charge in [-0.2, -0.15) is 0 Å². The highest BCUT2D eigenvalue weighted by molar-refractivity contribution is 6.63. The van der Waals surface area contributed by atoms with E-state index >= 15 is 0 Å². The maximum atomic E-state index is 11.6. The molecule has 0 bridgehead atoms. The average molecular weight is 404 g/mol. The molecule has 1 fully saturated rings. The van der Waals surface area contributed by atoms with Crippen molar-refractivity contribution in [3.05, 3.63) is 23.8 Å². The molecule has 1 aromatic carbocycles. The first-order valence-electron chi connectivity index (χ1n) is 10.5. The summed E-state index contributed by atoms with van der Waals surface area (Å²) in [5, 5.41) is 0. The van der Waals surface area contributed by atoms with Gasteiger partial charge in [-0.15, -0.1) is 0 Å². The Morgan fingerprint density at radius 3 is 2.14 bits per heavy atom. The number of hydrogen-bond donors (Lipinski definition) is 0. The Labute approximate surface area is 176 Å². The fourth-order valence-electron chi connectivity index (χ4n) is 2.96. The Hall–Kier alpha value is -1.37. The smallest absolute Gasteiger partial charge is 0.485 e. The molecule has 1 aliphatic heterocycles. The monoisotopic (exact) mass is 404 g/mol. The number of carbonyl (C=O) groups excluding carboxylic acids is 1. The van der Waals surface area contributed by atoms with E-state index < -0.39 is 29.5 Å². The van der Waals surface area contributed by atoms with Crippen LogP contribution in [-0.4, -0.2) is 42.4 Å². The van der Waals surface area contributed by atoms with Crippen molar-refractivity contribution in [3.8, 4) is 5.75 Å². The average Bonchev–Trinajstić information content (AvgIpc) is 2.82. The molecular formula is C23H37BO5. The van der Waals surface area contributed by atoms with E-state index in [0.717, 1.165) is 19.1 Å². The first kappa shape index (κ1) is 23.9. The van der Waals surface area contributed by atoms with Gasteiger partial charge < -0.3 is 18.8 Å². The number of benzene rings is 1. The van der Waals surface area contributed by atoms with Gasteiger partial charge in [0.2, 0.25) is 0 Å². The second kappa shape index (κ2) is 8.40. The Morgan fingerprint density at radius 1 is 1.03 bits per heavy atom. The van der Waals surface area contributed by atoms with E-state index in [-0.39, 0.29) is 0 Å². The number of hydrogen-bond acceptors (Lipinski definition) is 5.